The van der Waals surface area contributed by atoms with Crippen LogP contribution in [0.4, 0.5) is 8.78 Å². The van der Waals surface area contributed by atoms with Gasteiger partial charge in [-0.3, -0.25) is 4.90 Å². The van der Waals surface area contributed by atoms with Gasteiger partial charge in [-0.25, -0.2) is 8.78 Å². The van der Waals surface area contributed by atoms with E-state index in [1.54, 1.807) is 26.4 Å². The summed E-state index contributed by atoms with van der Waals surface area (Å²) in [4.78, 5) is 1.99. The van der Waals surface area contributed by atoms with Crippen LogP contribution in [0.1, 0.15) is 12.8 Å². The molecule has 0 unspecified atom stereocenters. The molecule has 0 saturated carbocycles. The van der Waals surface area contributed by atoms with Crippen molar-refractivity contribution in [2.75, 3.05) is 40.5 Å². The molecular formula is C15H20BrF2NO3. The molecule has 1 heterocycles. The van der Waals surface area contributed by atoms with Crippen molar-refractivity contribution in [1.29, 1.82) is 0 Å². The van der Waals surface area contributed by atoms with Crippen LogP contribution >= 0.6 is 15.9 Å². The van der Waals surface area contributed by atoms with Gasteiger partial charge in [-0.15, -0.1) is 0 Å². The molecule has 22 heavy (non-hydrogen) atoms. The molecule has 4 nitrogen and oxygen atoms in total. The van der Waals surface area contributed by atoms with Crippen LogP contribution < -0.4 is 14.2 Å². The third-order valence-electron chi connectivity index (χ3n) is 3.69. The Morgan fingerprint density at radius 3 is 2.36 bits per heavy atom. The number of rotatable bonds is 6. The molecule has 0 amide bonds. The van der Waals surface area contributed by atoms with Crippen LogP contribution in [0.3, 0.4) is 0 Å². The second-order valence-electron chi connectivity index (χ2n) is 5.19. The van der Waals surface area contributed by atoms with Gasteiger partial charge >= 0.3 is 0 Å². The summed E-state index contributed by atoms with van der Waals surface area (Å²) < 4.78 is 43.1. The van der Waals surface area contributed by atoms with Crippen LogP contribution in [0.25, 0.3) is 0 Å². The quantitative estimate of drug-likeness (QED) is 0.755. The van der Waals surface area contributed by atoms with E-state index in [-0.39, 0.29) is 12.8 Å². The molecule has 0 N–H and O–H groups in total. The van der Waals surface area contributed by atoms with Crippen LogP contribution in [-0.2, 0) is 0 Å². The molecule has 7 heteroatoms. The van der Waals surface area contributed by atoms with Crippen LogP contribution in [0.2, 0.25) is 0 Å². The maximum atomic E-state index is 13.1. The van der Waals surface area contributed by atoms with E-state index < -0.39 is 5.92 Å². The number of methoxy groups -OCH3 is 2. The third kappa shape index (κ3) is 4.46. The lowest BCUT2D eigenvalue weighted by Gasteiger charge is -2.31. The van der Waals surface area contributed by atoms with Crippen LogP contribution in [0.15, 0.2) is 16.6 Å². The molecule has 1 aliphatic heterocycles. The number of nitrogens with zero attached hydrogens (tertiary/aromatic N) is 1. The lowest BCUT2D eigenvalue weighted by molar-refractivity contribution is -0.0564. The van der Waals surface area contributed by atoms with Crippen molar-refractivity contribution in [3.8, 4) is 17.2 Å². The average Bonchev–Trinajstić information content (AvgIpc) is 2.50. The minimum absolute atomic E-state index is 0.0797. The van der Waals surface area contributed by atoms with Gasteiger partial charge in [0.1, 0.15) is 28.3 Å². The molecule has 0 bridgehead atoms. The first-order valence-electron chi connectivity index (χ1n) is 7.09. The summed E-state index contributed by atoms with van der Waals surface area (Å²) >= 11 is 3.43. The Hall–Kier alpha value is -1.08. The fraction of sp³-hybridized carbons (Fsp3) is 0.600. The van der Waals surface area contributed by atoms with E-state index >= 15 is 0 Å². The summed E-state index contributed by atoms with van der Waals surface area (Å²) in [6.45, 7) is 1.83. The molecule has 0 aliphatic carbocycles. The van der Waals surface area contributed by atoms with Gasteiger partial charge in [0, 0.05) is 44.6 Å². The van der Waals surface area contributed by atoms with Gasteiger partial charge in [-0.05, 0) is 15.9 Å². The van der Waals surface area contributed by atoms with Gasteiger partial charge in [-0.1, -0.05) is 0 Å². The van der Waals surface area contributed by atoms with Crippen LogP contribution in [-0.4, -0.2) is 51.3 Å². The molecule has 1 aromatic rings. The Bertz CT molecular complexity index is 504. The second-order valence-corrected chi connectivity index (χ2v) is 5.98. The highest BCUT2D eigenvalue weighted by Crippen LogP contribution is 2.38. The zero-order valence-electron chi connectivity index (χ0n) is 12.7. The lowest BCUT2D eigenvalue weighted by Crippen LogP contribution is -2.41. The fourth-order valence-electron chi connectivity index (χ4n) is 2.31. The summed E-state index contributed by atoms with van der Waals surface area (Å²) in [5, 5.41) is 0. The monoisotopic (exact) mass is 379 g/mol. The normalized spacial score (nSPS) is 18.0. The van der Waals surface area contributed by atoms with E-state index in [4.69, 9.17) is 14.2 Å². The van der Waals surface area contributed by atoms with Gasteiger partial charge in [-0.2, -0.15) is 0 Å². The molecule has 0 aromatic heterocycles. The van der Waals surface area contributed by atoms with Crippen molar-refractivity contribution in [2.45, 2.75) is 18.8 Å². The summed E-state index contributed by atoms with van der Waals surface area (Å²) in [6, 6.07) is 3.51. The van der Waals surface area contributed by atoms with Crippen molar-refractivity contribution >= 4 is 15.9 Å². The molecule has 1 saturated heterocycles. The van der Waals surface area contributed by atoms with Crippen molar-refractivity contribution in [2.24, 2.45) is 0 Å². The molecular weight excluding hydrogens is 360 g/mol. The second kappa shape index (κ2) is 7.46. The molecule has 1 aromatic carbocycles. The maximum Gasteiger partial charge on any atom is 0.250 e. The summed E-state index contributed by atoms with van der Waals surface area (Å²) in [5.41, 5.74) is 0. The number of likely N-dealkylation sites (tertiary alicyclic amines) is 1. The first kappa shape index (κ1) is 17.3. The van der Waals surface area contributed by atoms with Gasteiger partial charge < -0.3 is 14.2 Å². The van der Waals surface area contributed by atoms with E-state index in [0.29, 0.717) is 48.0 Å². The molecule has 0 spiro atoms. The van der Waals surface area contributed by atoms with E-state index in [1.165, 1.54) is 0 Å². The van der Waals surface area contributed by atoms with Gasteiger partial charge in [0.2, 0.25) is 0 Å². The van der Waals surface area contributed by atoms with E-state index in [2.05, 4.69) is 15.9 Å². The topological polar surface area (TPSA) is 30.9 Å². The predicted octanol–water partition coefficient (Wildman–Crippen LogP) is 3.58. The van der Waals surface area contributed by atoms with E-state index in [0.717, 1.165) is 0 Å². The SMILES string of the molecule is COc1cc(OC)c(Br)c(OCCN2CCC(F)(F)CC2)c1. The Morgan fingerprint density at radius 2 is 1.77 bits per heavy atom. The largest absolute Gasteiger partial charge is 0.496 e. The lowest BCUT2D eigenvalue weighted by atomic mass is 10.1. The minimum Gasteiger partial charge on any atom is -0.496 e. The first-order chi connectivity index (χ1) is 10.4. The summed E-state index contributed by atoms with van der Waals surface area (Å²) in [7, 11) is 3.14. The smallest absolute Gasteiger partial charge is 0.250 e. The first-order valence-corrected chi connectivity index (χ1v) is 7.89. The minimum atomic E-state index is -2.51. The van der Waals surface area contributed by atoms with Crippen molar-refractivity contribution in [1.82, 2.24) is 4.90 Å². The van der Waals surface area contributed by atoms with E-state index in [9.17, 15) is 8.78 Å². The number of halogens is 3. The molecule has 124 valence electrons. The van der Waals surface area contributed by atoms with Crippen LogP contribution in [0, 0.1) is 0 Å². The molecule has 0 atom stereocenters. The van der Waals surface area contributed by atoms with Crippen molar-refractivity contribution < 1.29 is 23.0 Å². The van der Waals surface area contributed by atoms with Crippen molar-refractivity contribution in [3.05, 3.63) is 16.6 Å². The maximum absolute atomic E-state index is 13.1. The third-order valence-corrected chi connectivity index (χ3v) is 4.47. The molecule has 1 aliphatic rings. The molecule has 1 fully saturated rings. The highest BCUT2D eigenvalue weighted by molar-refractivity contribution is 9.10. The Labute approximate surface area is 137 Å². The number of benzene rings is 1. The Morgan fingerprint density at radius 1 is 1.14 bits per heavy atom. The fourth-order valence-corrected chi connectivity index (χ4v) is 2.81. The predicted molar refractivity (Wildman–Crippen MR) is 83.4 cm³/mol. The number of ether oxygens (including phenoxy) is 3. The highest BCUT2D eigenvalue weighted by Gasteiger charge is 2.33. The molecule has 2 rings (SSSR count). The van der Waals surface area contributed by atoms with Gasteiger partial charge in [0.15, 0.2) is 0 Å². The number of hydrogen-bond donors (Lipinski definition) is 0. The summed E-state index contributed by atoms with van der Waals surface area (Å²) in [5.74, 6) is -0.654. The zero-order chi connectivity index (χ0) is 16.2. The Kier molecular flexibility index (Phi) is 5.86. The highest BCUT2D eigenvalue weighted by atomic mass is 79.9. The van der Waals surface area contributed by atoms with E-state index in [1.807, 2.05) is 4.90 Å². The molecule has 0 radical (unpaired) electrons. The van der Waals surface area contributed by atoms with Crippen LogP contribution in [0.5, 0.6) is 17.2 Å². The number of alkyl halides is 2. The standard InChI is InChI=1S/C15H20BrF2NO3/c1-20-11-9-12(21-2)14(16)13(10-11)22-8-7-19-5-3-15(17,18)4-6-19/h9-10H,3-8H2,1-2H3. The van der Waals surface area contributed by atoms with Crippen molar-refractivity contribution in [3.63, 3.8) is 0 Å². The average molecular weight is 380 g/mol. The van der Waals surface area contributed by atoms with Gasteiger partial charge in [0.05, 0.1) is 14.2 Å². The Balaban J connectivity index is 1.89. The zero-order valence-corrected chi connectivity index (χ0v) is 14.3. The number of piperidine rings is 1. The van der Waals surface area contributed by atoms with Gasteiger partial charge in [0.25, 0.3) is 5.92 Å². The summed E-state index contributed by atoms with van der Waals surface area (Å²) in [6.07, 6.45) is -0.159. The number of hydrogen-bond acceptors (Lipinski definition) is 4.